The van der Waals surface area contributed by atoms with Gasteiger partial charge in [-0.3, -0.25) is 4.79 Å². The van der Waals surface area contributed by atoms with Gasteiger partial charge in [0.1, 0.15) is 6.54 Å². The van der Waals surface area contributed by atoms with Gasteiger partial charge in [-0.05, 0) is 12.8 Å². The van der Waals surface area contributed by atoms with Crippen LogP contribution in [0.1, 0.15) is 136 Å². The molecule has 29 heavy (non-hydrogen) atoms. The molecule has 3 nitrogen and oxygen atoms in total. The summed E-state index contributed by atoms with van der Waals surface area (Å²) in [4.78, 5) is 12.3. The fourth-order valence-corrected chi connectivity index (χ4v) is 4.15. The van der Waals surface area contributed by atoms with Gasteiger partial charge in [0.05, 0.1) is 14.1 Å². The van der Waals surface area contributed by atoms with Crippen molar-refractivity contribution in [2.75, 3.05) is 20.6 Å². The lowest BCUT2D eigenvalue weighted by Gasteiger charge is -2.29. The van der Waals surface area contributed by atoms with Gasteiger partial charge in [-0.2, -0.15) is 0 Å². The van der Waals surface area contributed by atoms with Crippen molar-refractivity contribution in [3.05, 3.63) is 0 Å². The second-order valence-corrected chi connectivity index (χ2v) is 9.88. The standard InChI is InChI=1S/C26H54N2O/c1-6-8-9-10-11-12-13-14-15-16-17-18-19-20-21-22-23-25(3)26(29)27-28(4,5)24-7-2/h25H,6-24H2,1-5H3/p+1. The summed E-state index contributed by atoms with van der Waals surface area (Å²) < 4.78 is 0.596. The zero-order valence-corrected chi connectivity index (χ0v) is 20.9. The predicted molar refractivity (Wildman–Crippen MR) is 129 cm³/mol. The summed E-state index contributed by atoms with van der Waals surface area (Å²) >= 11 is 0. The van der Waals surface area contributed by atoms with Crippen LogP contribution in [0.3, 0.4) is 0 Å². The molecule has 0 aromatic carbocycles. The van der Waals surface area contributed by atoms with Crippen molar-refractivity contribution in [1.29, 1.82) is 0 Å². The SMILES string of the molecule is CCCCCCCCCCCCCCCCCCC(C)C(=O)N[N+](C)(C)CCC. The lowest BCUT2D eigenvalue weighted by molar-refractivity contribution is -0.925. The summed E-state index contributed by atoms with van der Waals surface area (Å²) in [6.07, 6.45) is 24.4. The number of rotatable bonds is 21. The average Bonchev–Trinajstić information content (AvgIpc) is 2.67. The van der Waals surface area contributed by atoms with Gasteiger partial charge in [0.15, 0.2) is 0 Å². The lowest BCUT2D eigenvalue weighted by atomic mass is 10.0. The maximum absolute atomic E-state index is 12.3. The Hall–Kier alpha value is -0.570. The van der Waals surface area contributed by atoms with Crippen LogP contribution < -0.4 is 5.43 Å². The third-order valence-corrected chi connectivity index (χ3v) is 6.13. The Morgan fingerprint density at radius 3 is 1.41 bits per heavy atom. The second-order valence-electron chi connectivity index (χ2n) is 9.88. The molecule has 1 amide bonds. The normalized spacial score (nSPS) is 12.9. The van der Waals surface area contributed by atoms with Gasteiger partial charge in [-0.1, -0.05) is 124 Å². The van der Waals surface area contributed by atoms with Crippen LogP contribution in [0, 0.1) is 5.92 Å². The molecule has 0 spiro atoms. The quantitative estimate of drug-likeness (QED) is 0.116. The van der Waals surface area contributed by atoms with Gasteiger partial charge >= 0.3 is 0 Å². The highest BCUT2D eigenvalue weighted by Gasteiger charge is 2.21. The van der Waals surface area contributed by atoms with E-state index in [2.05, 4.69) is 40.3 Å². The molecule has 0 aliphatic rings. The number of unbranched alkanes of at least 4 members (excludes halogenated alkanes) is 15. The van der Waals surface area contributed by atoms with Crippen LogP contribution in [-0.4, -0.2) is 31.1 Å². The lowest BCUT2D eigenvalue weighted by Crippen LogP contribution is -2.56. The van der Waals surface area contributed by atoms with E-state index in [0.29, 0.717) is 4.59 Å². The van der Waals surface area contributed by atoms with Crippen LogP contribution in [-0.2, 0) is 4.79 Å². The number of nitrogens with one attached hydrogen (secondary N) is 1. The van der Waals surface area contributed by atoms with E-state index in [4.69, 9.17) is 0 Å². The van der Waals surface area contributed by atoms with E-state index >= 15 is 0 Å². The molecule has 0 fully saturated rings. The maximum atomic E-state index is 12.3. The Labute approximate surface area is 184 Å². The summed E-state index contributed by atoms with van der Waals surface area (Å²) in [6, 6.07) is 0. The topological polar surface area (TPSA) is 29.1 Å². The zero-order valence-electron chi connectivity index (χ0n) is 20.9. The first-order chi connectivity index (χ1) is 13.9. The number of hydrogen-bond acceptors (Lipinski definition) is 1. The Balaban J connectivity index is 3.37. The molecule has 3 heteroatoms. The van der Waals surface area contributed by atoms with E-state index in [0.717, 1.165) is 19.4 Å². The molecular formula is C26H55N2O+. The largest absolute Gasteiger partial charge is 0.270 e. The first-order valence-electron chi connectivity index (χ1n) is 13.1. The average molecular weight is 412 g/mol. The fourth-order valence-electron chi connectivity index (χ4n) is 4.15. The molecule has 1 N–H and O–H groups in total. The fraction of sp³-hybridized carbons (Fsp3) is 0.962. The molecule has 1 unspecified atom stereocenters. The number of nitrogens with zero attached hydrogens (tertiary/aromatic N) is 1. The van der Waals surface area contributed by atoms with Crippen LogP contribution in [0.25, 0.3) is 0 Å². The van der Waals surface area contributed by atoms with Crippen LogP contribution in [0.4, 0.5) is 0 Å². The van der Waals surface area contributed by atoms with Crippen molar-refractivity contribution in [2.45, 2.75) is 136 Å². The van der Waals surface area contributed by atoms with Crippen LogP contribution in [0.2, 0.25) is 0 Å². The molecule has 0 bridgehead atoms. The molecule has 0 aromatic rings. The molecule has 0 aliphatic carbocycles. The van der Waals surface area contributed by atoms with E-state index in [9.17, 15) is 4.79 Å². The first-order valence-corrected chi connectivity index (χ1v) is 13.1. The first kappa shape index (κ1) is 28.4. The zero-order chi connectivity index (χ0) is 21.8. The van der Waals surface area contributed by atoms with Crippen LogP contribution in [0.15, 0.2) is 0 Å². The molecule has 0 radical (unpaired) electrons. The highest BCUT2D eigenvalue weighted by atomic mass is 16.2. The monoisotopic (exact) mass is 411 g/mol. The van der Waals surface area contributed by atoms with Gasteiger partial charge in [0, 0.05) is 5.92 Å². The Morgan fingerprint density at radius 2 is 1.03 bits per heavy atom. The van der Waals surface area contributed by atoms with Crippen molar-refractivity contribution < 1.29 is 9.39 Å². The van der Waals surface area contributed by atoms with Crippen molar-refractivity contribution in [2.24, 2.45) is 5.92 Å². The van der Waals surface area contributed by atoms with Crippen molar-refractivity contribution in [3.63, 3.8) is 0 Å². The molecule has 0 rings (SSSR count). The van der Waals surface area contributed by atoms with E-state index < -0.39 is 0 Å². The van der Waals surface area contributed by atoms with Crippen LogP contribution >= 0.6 is 0 Å². The Bertz CT molecular complexity index is 368. The maximum Gasteiger partial charge on any atom is 0.267 e. The third kappa shape index (κ3) is 19.2. The number of hydrogen-bond donors (Lipinski definition) is 1. The molecule has 1 atom stereocenters. The minimum Gasteiger partial charge on any atom is -0.270 e. The highest BCUT2D eigenvalue weighted by Crippen LogP contribution is 2.15. The van der Waals surface area contributed by atoms with Crippen molar-refractivity contribution >= 4 is 5.91 Å². The van der Waals surface area contributed by atoms with Gasteiger partial charge in [-0.25, -0.2) is 10.0 Å². The molecule has 0 aromatic heterocycles. The number of carbonyl (C=O) groups is 1. The summed E-state index contributed by atoms with van der Waals surface area (Å²) in [5.41, 5.74) is 3.16. The number of amides is 1. The summed E-state index contributed by atoms with van der Waals surface area (Å²) in [7, 11) is 4.14. The molecule has 0 saturated heterocycles. The van der Waals surface area contributed by atoms with E-state index in [-0.39, 0.29) is 11.8 Å². The second kappa shape index (κ2) is 19.4. The Morgan fingerprint density at radius 1 is 0.655 bits per heavy atom. The van der Waals surface area contributed by atoms with Crippen molar-refractivity contribution in [3.8, 4) is 0 Å². The van der Waals surface area contributed by atoms with Gasteiger partial charge in [0.25, 0.3) is 5.91 Å². The van der Waals surface area contributed by atoms with E-state index in [1.165, 1.54) is 103 Å². The predicted octanol–water partition coefficient (Wildman–Crippen LogP) is 7.79. The molecule has 174 valence electrons. The molecular weight excluding hydrogens is 356 g/mol. The van der Waals surface area contributed by atoms with E-state index in [1.807, 2.05) is 0 Å². The van der Waals surface area contributed by atoms with Crippen molar-refractivity contribution in [1.82, 2.24) is 5.43 Å². The van der Waals surface area contributed by atoms with Gasteiger partial charge in [0.2, 0.25) is 0 Å². The Kier molecular flexibility index (Phi) is 19.0. The van der Waals surface area contributed by atoms with Gasteiger partial charge < -0.3 is 0 Å². The van der Waals surface area contributed by atoms with Crippen LogP contribution in [0.5, 0.6) is 0 Å². The molecule has 0 saturated carbocycles. The molecule has 0 aliphatic heterocycles. The minimum absolute atomic E-state index is 0.135. The van der Waals surface area contributed by atoms with E-state index in [1.54, 1.807) is 0 Å². The third-order valence-electron chi connectivity index (χ3n) is 6.13. The summed E-state index contributed by atoms with van der Waals surface area (Å²) in [5.74, 6) is 0.348. The molecule has 0 heterocycles. The summed E-state index contributed by atoms with van der Waals surface area (Å²) in [6.45, 7) is 7.51. The highest BCUT2D eigenvalue weighted by molar-refractivity contribution is 5.77. The number of quaternary nitrogens is 1. The summed E-state index contributed by atoms with van der Waals surface area (Å²) in [5, 5.41) is 0. The minimum atomic E-state index is 0.135. The number of carbonyl (C=O) groups excluding carboxylic acids is 1. The smallest absolute Gasteiger partial charge is 0.267 e. The van der Waals surface area contributed by atoms with Gasteiger partial charge in [-0.15, -0.1) is 0 Å².